The summed E-state index contributed by atoms with van der Waals surface area (Å²) in [6.07, 6.45) is 8.46. The average Bonchev–Trinajstić information content (AvgIpc) is 3.18. The van der Waals surface area contributed by atoms with Gasteiger partial charge in [0.2, 0.25) is 5.88 Å². The van der Waals surface area contributed by atoms with Gasteiger partial charge in [-0.2, -0.15) is 16.7 Å². The lowest BCUT2D eigenvalue weighted by molar-refractivity contribution is 0.290. The number of nitrogens with zero attached hydrogens (tertiary/aromatic N) is 1. The van der Waals surface area contributed by atoms with E-state index in [-0.39, 0.29) is 0 Å². The van der Waals surface area contributed by atoms with Crippen LogP contribution in [0.1, 0.15) is 32.1 Å². The highest BCUT2D eigenvalue weighted by Crippen LogP contribution is 2.32. The summed E-state index contributed by atoms with van der Waals surface area (Å²) in [5.74, 6) is 2.18. The standard InChI is InChI=1S/C15H23N3OS/c1-20-12-5-4-11(8-12)17-14-7-6-13(16)15(18-14)19-9-10-2-3-10/h6-7,10-12H,2-5,8-9,16H2,1H3,(H,17,18). The number of nitrogen functional groups attached to an aromatic ring is 1. The van der Waals surface area contributed by atoms with Crippen molar-refractivity contribution in [2.75, 3.05) is 23.9 Å². The fourth-order valence-corrected chi connectivity index (χ4v) is 3.42. The largest absolute Gasteiger partial charge is 0.476 e. The lowest BCUT2D eigenvalue weighted by Gasteiger charge is -2.15. The molecule has 0 radical (unpaired) electrons. The number of rotatable bonds is 6. The van der Waals surface area contributed by atoms with Crippen molar-refractivity contribution in [3.05, 3.63) is 12.1 Å². The molecule has 1 heterocycles. The quantitative estimate of drug-likeness (QED) is 0.843. The molecule has 0 aromatic carbocycles. The number of anilines is 2. The van der Waals surface area contributed by atoms with Crippen molar-refractivity contribution >= 4 is 23.3 Å². The molecule has 2 atom stereocenters. The van der Waals surface area contributed by atoms with E-state index in [1.165, 1.54) is 32.1 Å². The molecule has 20 heavy (non-hydrogen) atoms. The van der Waals surface area contributed by atoms with Crippen molar-refractivity contribution in [3.8, 4) is 5.88 Å². The van der Waals surface area contributed by atoms with E-state index >= 15 is 0 Å². The van der Waals surface area contributed by atoms with Crippen LogP contribution in [0.15, 0.2) is 12.1 Å². The maximum atomic E-state index is 5.93. The first-order valence-electron chi connectivity index (χ1n) is 7.43. The summed E-state index contributed by atoms with van der Waals surface area (Å²) >= 11 is 1.97. The van der Waals surface area contributed by atoms with Crippen LogP contribution < -0.4 is 15.8 Å². The van der Waals surface area contributed by atoms with E-state index in [1.807, 2.05) is 23.9 Å². The van der Waals surface area contributed by atoms with Crippen molar-refractivity contribution in [2.24, 2.45) is 5.92 Å². The van der Waals surface area contributed by atoms with Crippen LogP contribution in [0.4, 0.5) is 11.5 Å². The summed E-state index contributed by atoms with van der Waals surface area (Å²) in [7, 11) is 0. The maximum absolute atomic E-state index is 5.93. The van der Waals surface area contributed by atoms with Crippen molar-refractivity contribution in [2.45, 2.75) is 43.4 Å². The summed E-state index contributed by atoms with van der Waals surface area (Å²) in [6, 6.07) is 4.37. The van der Waals surface area contributed by atoms with Crippen molar-refractivity contribution in [1.29, 1.82) is 0 Å². The van der Waals surface area contributed by atoms with Gasteiger partial charge in [0.25, 0.3) is 0 Å². The van der Waals surface area contributed by atoms with E-state index in [0.29, 0.717) is 23.5 Å². The minimum atomic E-state index is 0.528. The molecule has 3 rings (SSSR count). The van der Waals surface area contributed by atoms with Gasteiger partial charge in [-0.25, -0.2) is 0 Å². The van der Waals surface area contributed by atoms with Crippen molar-refractivity contribution < 1.29 is 4.74 Å². The number of hydrogen-bond donors (Lipinski definition) is 2. The number of nitrogens with one attached hydrogen (secondary N) is 1. The smallest absolute Gasteiger partial charge is 0.239 e. The molecule has 2 unspecified atom stereocenters. The molecule has 1 aromatic rings. The first-order chi connectivity index (χ1) is 9.74. The van der Waals surface area contributed by atoms with Gasteiger partial charge in [-0.15, -0.1) is 0 Å². The van der Waals surface area contributed by atoms with Crippen molar-refractivity contribution in [1.82, 2.24) is 4.98 Å². The topological polar surface area (TPSA) is 60.2 Å². The summed E-state index contributed by atoms with van der Waals surface area (Å²) in [5, 5.41) is 4.30. The average molecular weight is 293 g/mol. The van der Waals surface area contributed by atoms with Gasteiger partial charge in [0.1, 0.15) is 5.82 Å². The number of nitrogens with two attached hydrogens (primary N) is 1. The van der Waals surface area contributed by atoms with Crippen LogP contribution in [0.5, 0.6) is 5.88 Å². The van der Waals surface area contributed by atoms with E-state index < -0.39 is 0 Å². The summed E-state index contributed by atoms with van der Waals surface area (Å²) in [6.45, 7) is 0.749. The van der Waals surface area contributed by atoms with E-state index in [2.05, 4.69) is 16.6 Å². The summed E-state index contributed by atoms with van der Waals surface area (Å²) in [5.41, 5.74) is 6.56. The Balaban J connectivity index is 1.59. The molecule has 2 fully saturated rings. The Morgan fingerprint density at radius 2 is 2.20 bits per heavy atom. The van der Waals surface area contributed by atoms with Crippen LogP contribution in [0, 0.1) is 5.92 Å². The Bertz CT molecular complexity index is 464. The first kappa shape index (κ1) is 13.9. The molecule has 1 aromatic heterocycles. The van der Waals surface area contributed by atoms with Crippen LogP contribution in [0.3, 0.4) is 0 Å². The molecule has 5 heteroatoms. The highest BCUT2D eigenvalue weighted by Gasteiger charge is 2.25. The van der Waals surface area contributed by atoms with Gasteiger partial charge >= 0.3 is 0 Å². The van der Waals surface area contributed by atoms with E-state index in [1.54, 1.807) is 0 Å². The predicted molar refractivity (Wildman–Crippen MR) is 85.4 cm³/mol. The molecular weight excluding hydrogens is 270 g/mol. The monoisotopic (exact) mass is 293 g/mol. The van der Waals surface area contributed by atoms with Gasteiger partial charge in [0.05, 0.1) is 12.3 Å². The Morgan fingerprint density at radius 1 is 1.35 bits per heavy atom. The zero-order chi connectivity index (χ0) is 13.9. The number of pyridine rings is 1. The number of aromatic nitrogens is 1. The summed E-state index contributed by atoms with van der Waals surface area (Å²) < 4.78 is 5.73. The van der Waals surface area contributed by atoms with Gasteiger partial charge in [-0.3, -0.25) is 0 Å². The number of hydrogen-bond acceptors (Lipinski definition) is 5. The summed E-state index contributed by atoms with van der Waals surface area (Å²) in [4.78, 5) is 4.52. The SMILES string of the molecule is CSC1CCC(Nc2ccc(N)c(OCC3CC3)n2)C1. The van der Waals surface area contributed by atoms with Crippen molar-refractivity contribution in [3.63, 3.8) is 0 Å². The molecule has 0 bridgehead atoms. The second kappa shape index (κ2) is 6.12. The van der Waals surface area contributed by atoms with Crippen LogP contribution in [0.25, 0.3) is 0 Å². The van der Waals surface area contributed by atoms with Gasteiger partial charge in [0, 0.05) is 11.3 Å². The Labute approximate surface area is 124 Å². The minimum absolute atomic E-state index is 0.528. The molecule has 3 N–H and O–H groups in total. The van der Waals surface area contributed by atoms with E-state index in [9.17, 15) is 0 Å². The maximum Gasteiger partial charge on any atom is 0.239 e. The minimum Gasteiger partial charge on any atom is -0.476 e. The molecule has 110 valence electrons. The van der Waals surface area contributed by atoms with E-state index in [0.717, 1.165) is 17.7 Å². The molecule has 0 saturated heterocycles. The second-order valence-electron chi connectivity index (χ2n) is 5.86. The van der Waals surface area contributed by atoms with Crippen LogP contribution in [0.2, 0.25) is 0 Å². The molecule has 0 amide bonds. The van der Waals surface area contributed by atoms with Gasteiger partial charge in [0.15, 0.2) is 0 Å². The molecule has 2 aliphatic rings. The molecule has 0 aliphatic heterocycles. The zero-order valence-electron chi connectivity index (χ0n) is 12.0. The fraction of sp³-hybridized carbons (Fsp3) is 0.667. The van der Waals surface area contributed by atoms with Crippen LogP contribution in [-0.2, 0) is 0 Å². The van der Waals surface area contributed by atoms with Gasteiger partial charge < -0.3 is 15.8 Å². The molecule has 0 spiro atoms. The lowest BCUT2D eigenvalue weighted by Crippen LogP contribution is -2.17. The normalized spacial score (nSPS) is 25.6. The van der Waals surface area contributed by atoms with Gasteiger partial charge in [-0.05, 0) is 56.4 Å². The molecule has 2 aliphatic carbocycles. The third kappa shape index (κ3) is 3.51. The van der Waals surface area contributed by atoms with Gasteiger partial charge in [-0.1, -0.05) is 0 Å². The first-order valence-corrected chi connectivity index (χ1v) is 8.72. The molecule has 4 nitrogen and oxygen atoms in total. The molecular formula is C15H23N3OS. The lowest BCUT2D eigenvalue weighted by atomic mass is 10.2. The third-order valence-electron chi connectivity index (χ3n) is 4.11. The predicted octanol–water partition coefficient (Wildman–Crippen LogP) is 3.15. The Morgan fingerprint density at radius 3 is 2.90 bits per heavy atom. The molecule has 2 saturated carbocycles. The van der Waals surface area contributed by atoms with Crippen LogP contribution >= 0.6 is 11.8 Å². The highest BCUT2D eigenvalue weighted by atomic mass is 32.2. The number of thioether (sulfide) groups is 1. The zero-order valence-corrected chi connectivity index (χ0v) is 12.8. The second-order valence-corrected chi connectivity index (χ2v) is 7.00. The Hall–Kier alpha value is -1.10. The fourth-order valence-electron chi connectivity index (χ4n) is 2.62. The highest BCUT2D eigenvalue weighted by molar-refractivity contribution is 7.99. The Kier molecular flexibility index (Phi) is 4.24. The van der Waals surface area contributed by atoms with E-state index in [4.69, 9.17) is 10.5 Å². The third-order valence-corrected chi connectivity index (χ3v) is 5.21. The van der Waals surface area contributed by atoms with Crippen LogP contribution in [-0.4, -0.2) is 29.1 Å². The number of ether oxygens (including phenoxy) is 1.